The first-order valence-electron chi connectivity index (χ1n) is 5.82. The Morgan fingerprint density at radius 3 is 2.72 bits per heavy atom. The molecule has 1 heterocycles. The molecule has 7 heteroatoms. The van der Waals surface area contributed by atoms with Crippen LogP contribution in [0.25, 0.3) is 0 Å². The van der Waals surface area contributed by atoms with Crippen LogP contribution in [-0.2, 0) is 6.54 Å². The third-order valence-electron chi connectivity index (χ3n) is 3.16. The summed E-state index contributed by atoms with van der Waals surface area (Å²) in [5.74, 6) is 0. The van der Waals surface area contributed by atoms with Crippen molar-refractivity contribution < 1.29 is 0 Å². The molecule has 3 N–H and O–H groups in total. The topological polar surface area (TPSA) is 63.8 Å². The minimum absolute atomic E-state index is 0. The van der Waals surface area contributed by atoms with E-state index in [-0.39, 0.29) is 23.7 Å². The minimum Gasteiger partial charge on any atom is -0.326 e. The quantitative estimate of drug-likeness (QED) is 0.665. The Morgan fingerprint density at radius 2 is 2.06 bits per heavy atom. The molecule has 0 radical (unpaired) electrons. The molecule has 1 saturated carbocycles. The zero-order valence-electron chi connectivity index (χ0n) is 9.90. The van der Waals surface area contributed by atoms with Crippen LogP contribution in [-0.4, -0.2) is 22.1 Å². The number of rotatable bonds is 3. The predicted molar refractivity (Wildman–Crippen MR) is 76.4 cm³/mol. The molecule has 1 aromatic heterocycles. The molecule has 0 aliphatic heterocycles. The van der Waals surface area contributed by atoms with Gasteiger partial charge in [0.25, 0.3) is 0 Å². The summed E-state index contributed by atoms with van der Waals surface area (Å²) in [5.41, 5.74) is 6.91. The van der Waals surface area contributed by atoms with Crippen molar-refractivity contribution in [1.29, 1.82) is 0 Å². The smallest absolute Gasteiger partial charge is 0.223 e. The average molecular weight is 312 g/mol. The lowest BCUT2D eigenvalue weighted by atomic mass is 9.91. The van der Waals surface area contributed by atoms with Gasteiger partial charge in [0, 0.05) is 30.4 Å². The van der Waals surface area contributed by atoms with Gasteiger partial charge in [-0.2, -0.15) is 0 Å². The zero-order valence-corrected chi connectivity index (χ0v) is 12.2. The second-order valence-corrected chi connectivity index (χ2v) is 5.09. The number of nitrogens with two attached hydrogens (primary N) is 1. The summed E-state index contributed by atoms with van der Waals surface area (Å²) in [7, 11) is 0. The lowest BCUT2D eigenvalue weighted by molar-refractivity contribution is 0.326. The molecule has 0 spiro atoms. The van der Waals surface area contributed by atoms with Gasteiger partial charge in [0.05, 0.1) is 0 Å². The molecule has 0 saturated heterocycles. The van der Waals surface area contributed by atoms with Crippen LogP contribution < -0.4 is 11.1 Å². The van der Waals surface area contributed by atoms with Gasteiger partial charge in [0.15, 0.2) is 0 Å². The summed E-state index contributed by atoms with van der Waals surface area (Å²) in [6.07, 6.45) is 6.31. The maximum Gasteiger partial charge on any atom is 0.223 e. The van der Waals surface area contributed by atoms with E-state index in [4.69, 9.17) is 28.9 Å². The molecule has 1 aliphatic carbocycles. The standard InChI is InChI=1S/C11H16Cl2N4.ClH/c12-10-7(6-16-11(13)17-10)5-15-9-4-2-1-3-8(9)14;/h6,8-9,15H,1-5,14H2;1H. The fourth-order valence-electron chi connectivity index (χ4n) is 2.14. The van der Waals surface area contributed by atoms with Gasteiger partial charge in [-0.1, -0.05) is 24.4 Å². The normalized spacial score (nSPS) is 23.5. The van der Waals surface area contributed by atoms with Crippen LogP contribution >= 0.6 is 35.6 Å². The molecule has 1 aromatic rings. The van der Waals surface area contributed by atoms with Crippen molar-refractivity contribution in [2.75, 3.05) is 0 Å². The summed E-state index contributed by atoms with van der Waals surface area (Å²) in [6, 6.07) is 0.589. The first kappa shape index (κ1) is 15.9. The van der Waals surface area contributed by atoms with Crippen LogP contribution in [0.3, 0.4) is 0 Å². The Morgan fingerprint density at radius 1 is 1.33 bits per heavy atom. The van der Waals surface area contributed by atoms with Crippen molar-refractivity contribution in [2.24, 2.45) is 5.73 Å². The van der Waals surface area contributed by atoms with Crippen LogP contribution in [0.15, 0.2) is 6.20 Å². The van der Waals surface area contributed by atoms with Crippen molar-refractivity contribution in [3.8, 4) is 0 Å². The Hall–Kier alpha value is -0.130. The molecule has 0 amide bonds. The highest BCUT2D eigenvalue weighted by Gasteiger charge is 2.21. The fourth-order valence-corrected chi connectivity index (χ4v) is 2.51. The van der Waals surface area contributed by atoms with E-state index in [0.717, 1.165) is 18.4 Å². The van der Waals surface area contributed by atoms with E-state index >= 15 is 0 Å². The molecule has 2 rings (SSSR count). The van der Waals surface area contributed by atoms with E-state index in [9.17, 15) is 0 Å². The third kappa shape index (κ3) is 4.21. The molecular weight excluding hydrogens is 295 g/mol. The van der Waals surface area contributed by atoms with Gasteiger partial charge in [0.2, 0.25) is 5.28 Å². The summed E-state index contributed by atoms with van der Waals surface area (Å²) >= 11 is 11.6. The summed E-state index contributed by atoms with van der Waals surface area (Å²) in [4.78, 5) is 7.83. The highest BCUT2D eigenvalue weighted by molar-refractivity contribution is 6.32. The summed E-state index contributed by atoms with van der Waals surface area (Å²) < 4.78 is 0. The van der Waals surface area contributed by atoms with Gasteiger partial charge in [-0.05, 0) is 24.4 Å². The number of hydrogen-bond acceptors (Lipinski definition) is 4. The van der Waals surface area contributed by atoms with Crippen LogP contribution in [0.2, 0.25) is 10.4 Å². The third-order valence-corrected chi connectivity index (χ3v) is 3.67. The van der Waals surface area contributed by atoms with Crippen LogP contribution in [0.5, 0.6) is 0 Å². The van der Waals surface area contributed by atoms with E-state index in [1.165, 1.54) is 12.8 Å². The second kappa shape index (κ2) is 7.46. The predicted octanol–water partition coefficient (Wildman–Crippen LogP) is 2.56. The van der Waals surface area contributed by atoms with Gasteiger partial charge < -0.3 is 11.1 Å². The maximum absolute atomic E-state index is 6.06. The van der Waals surface area contributed by atoms with Crippen molar-refractivity contribution in [1.82, 2.24) is 15.3 Å². The van der Waals surface area contributed by atoms with Gasteiger partial charge in [-0.3, -0.25) is 0 Å². The molecular formula is C11H17Cl3N4. The van der Waals surface area contributed by atoms with Gasteiger partial charge in [0.1, 0.15) is 5.15 Å². The van der Waals surface area contributed by atoms with Crippen LogP contribution in [0, 0.1) is 0 Å². The Kier molecular flexibility index (Phi) is 6.60. The molecule has 2 unspecified atom stereocenters. The largest absolute Gasteiger partial charge is 0.326 e. The number of halogens is 3. The van der Waals surface area contributed by atoms with Crippen molar-refractivity contribution in [2.45, 2.75) is 44.3 Å². The molecule has 0 aromatic carbocycles. The summed E-state index contributed by atoms with van der Waals surface area (Å²) in [5, 5.41) is 3.99. The molecule has 4 nitrogen and oxygen atoms in total. The van der Waals surface area contributed by atoms with E-state index in [1.54, 1.807) is 6.20 Å². The van der Waals surface area contributed by atoms with Crippen molar-refractivity contribution in [3.05, 3.63) is 22.2 Å². The molecule has 1 aliphatic rings. The number of nitrogens with zero attached hydrogens (tertiary/aromatic N) is 2. The van der Waals surface area contributed by atoms with E-state index in [1.807, 2.05) is 0 Å². The Labute approximate surface area is 123 Å². The van der Waals surface area contributed by atoms with Gasteiger partial charge in [-0.25, -0.2) is 9.97 Å². The highest BCUT2D eigenvalue weighted by Crippen LogP contribution is 2.19. The first-order valence-corrected chi connectivity index (χ1v) is 6.58. The van der Waals surface area contributed by atoms with E-state index in [2.05, 4.69) is 15.3 Å². The SMILES string of the molecule is Cl.NC1CCCCC1NCc1cnc(Cl)nc1Cl. The monoisotopic (exact) mass is 310 g/mol. The second-order valence-electron chi connectivity index (χ2n) is 4.39. The molecule has 1 fully saturated rings. The van der Waals surface area contributed by atoms with E-state index < -0.39 is 0 Å². The highest BCUT2D eigenvalue weighted by atomic mass is 35.5. The zero-order chi connectivity index (χ0) is 12.3. The fraction of sp³-hybridized carbons (Fsp3) is 0.636. The lowest BCUT2D eigenvalue weighted by Gasteiger charge is -2.29. The number of hydrogen-bond donors (Lipinski definition) is 2. The van der Waals surface area contributed by atoms with E-state index in [0.29, 0.717) is 17.7 Å². The van der Waals surface area contributed by atoms with Crippen molar-refractivity contribution >= 4 is 35.6 Å². The molecule has 18 heavy (non-hydrogen) atoms. The van der Waals surface area contributed by atoms with Gasteiger partial charge >= 0.3 is 0 Å². The molecule has 0 bridgehead atoms. The maximum atomic E-state index is 6.06. The number of nitrogens with one attached hydrogen (secondary N) is 1. The van der Waals surface area contributed by atoms with Crippen LogP contribution in [0.4, 0.5) is 0 Å². The van der Waals surface area contributed by atoms with Gasteiger partial charge in [-0.15, -0.1) is 12.4 Å². The summed E-state index contributed by atoms with van der Waals surface area (Å²) in [6.45, 7) is 0.633. The first-order chi connectivity index (χ1) is 8.16. The lowest BCUT2D eigenvalue weighted by Crippen LogP contribution is -2.46. The van der Waals surface area contributed by atoms with Crippen molar-refractivity contribution in [3.63, 3.8) is 0 Å². The molecule has 102 valence electrons. The Balaban J connectivity index is 0.00000162. The molecule has 2 atom stereocenters. The minimum atomic E-state index is 0. The number of aromatic nitrogens is 2. The average Bonchev–Trinajstić information content (AvgIpc) is 2.30. The Bertz CT molecular complexity index is 389. The van der Waals surface area contributed by atoms with Crippen LogP contribution in [0.1, 0.15) is 31.2 Å².